The molecule has 0 aromatic carbocycles. The van der Waals surface area contributed by atoms with Gasteiger partial charge in [-0.3, -0.25) is 4.68 Å². The van der Waals surface area contributed by atoms with Gasteiger partial charge in [0.15, 0.2) is 0 Å². The number of hydrogen-bond donors (Lipinski definition) is 1. The van der Waals surface area contributed by atoms with E-state index in [2.05, 4.69) is 21.9 Å². The van der Waals surface area contributed by atoms with Crippen molar-refractivity contribution in [2.24, 2.45) is 0 Å². The number of anilines is 1. The van der Waals surface area contributed by atoms with Gasteiger partial charge in [-0.25, -0.2) is 0 Å². The molecule has 1 aliphatic rings. The van der Waals surface area contributed by atoms with Gasteiger partial charge in [0.2, 0.25) is 0 Å². The Balaban J connectivity index is 1.67. The number of hydrogen-bond acceptors (Lipinski definition) is 4. The second-order valence-electron chi connectivity index (χ2n) is 4.86. The van der Waals surface area contributed by atoms with Gasteiger partial charge >= 0.3 is 0 Å². The molecule has 96 valence electrons. The molecule has 1 aromatic rings. The summed E-state index contributed by atoms with van der Waals surface area (Å²) in [7, 11) is 2.20. The summed E-state index contributed by atoms with van der Waals surface area (Å²) in [6.45, 7) is 6.96. The van der Waals surface area contributed by atoms with Crippen LogP contribution in [0.25, 0.3) is 0 Å². The number of nitrogens with two attached hydrogens (primary N) is 1. The van der Waals surface area contributed by atoms with E-state index in [-0.39, 0.29) is 0 Å². The van der Waals surface area contributed by atoms with Crippen molar-refractivity contribution < 1.29 is 0 Å². The van der Waals surface area contributed by atoms with E-state index in [0.29, 0.717) is 5.82 Å². The normalized spacial score (nSPS) is 19.4. The Hall–Kier alpha value is -1.07. The average molecular weight is 237 g/mol. The molecule has 1 aromatic heterocycles. The lowest BCUT2D eigenvalue weighted by Crippen LogP contribution is -2.30. The fourth-order valence-corrected chi connectivity index (χ4v) is 2.28. The largest absolute Gasteiger partial charge is 0.382 e. The molecule has 5 heteroatoms. The van der Waals surface area contributed by atoms with E-state index >= 15 is 0 Å². The fourth-order valence-electron chi connectivity index (χ4n) is 2.28. The molecule has 2 heterocycles. The smallest absolute Gasteiger partial charge is 0.145 e. The number of aromatic nitrogens is 2. The van der Waals surface area contributed by atoms with Crippen molar-refractivity contribution in [1.29, 1.82) is 0 Å². The minimum atomic E-state index is 0.612. The van der Waals surface area contributed by atoms with Crippen molar-refractivity contribution in [3.63, 3.8) is 0 Å². The van der Waals surface area contributed by atoms with Crippen molar-refractivity contribution >= 4 is 5.82 Å². The molecule has 1 saturated heterocycles. The van der Waals surface area contributed by atoms with Gasteiger partial charge in [-0.15, -0.1) is 0 Å². The van der Waals surface area contributed by atoms with Crippen LogP contribution in [0.5, 0.6) is 0 Å². The maximum absolute atomic E-state index is 5.58. The number of rotatable bonds is 4. The topological polar surface area (TPSA) is 50.3 Å². The average Bonchev–Trinajstić information content (AvgIpc) is 2.59. The molecule has 0 spiro atoms. The quantitative estimate of drug-likeness (QED) is 0.828. The monoisotopic (exact) mass is 237 g/mol. The first kappa shape index (κ1) is 12.4. The van der Waals surface area contributed by atoms with Gasteiger partial charge in [0, 0.05) is 25.8 Å². The zero-order valence-electron chi connectivity index (χ0n) is 10.7. The third-order valence-electron chi connectivity index (χ3n) is 3.33. The lowest BCUT2D eigenvalue weighted by Gasteiger charge is -2.19. The molecule has 1 fully saturated rings. The summed E-state index contributed by atoms with van der Waals surface area (Å²) < 4.78 is 1.93. The summed E-state index contributed by atoms with van der Waals surface area (Å²) in [5.41, 5.74) is 5.58. The molecule has 0 radical (unpaired) electrons. The highest BCUT2D eigenvalue weighted by molar-refractivity contribution is 5.23. The molecule has 0 amide bonds. The maximum atomic E-state index is 5.58. The maximum Gasteiger partial charge on any atom is 0.145 e. The summed E-state index contributed by atoms with van der Waals surface area (Å²) in [5.74, 6) is 0.612. The second-order valence-corrected chi connectivity index (χ2v) is 4.86. The van der Waals surface area contributed by atoms with E-state index in [1.165, 1.54) is 32.6 Å². The van der Waals surface area contributed by atoms with Gasteiger partial charge in [0.1, 0.15) is 5.82 Å². The van der Waals surface area contributed by atoms with Crippen molar-refractivity contribution in [2.45, 2.75) is 19.4 Å². The van der Waals surface area contributed by atoms with Crippen LogP contribution in [-0.4, -0.2) is 59.4 Å². The molecular weight excluding hydrogens is 214 g/mol. The van der Waals surface area contributed by atoms with E-state index in [1.54, 1.807) is 0 Å². The summed E-state index contributed by atoms with van der Waals surface area (Å²) in [4.78, 5) is 4.96. The Kier molecular flexibility index (Phi) is 4.39. The van der Waals surface area contributed by atoms with E-state index in [4.69, 9.17) is 5.73 Å². The first-order chi connectivity index (χ1) is 8.24. The van der Waals surface area contributed by atoms with Crippen LogP contribution in [0.1, 0.15) is 12.8 Å². The van der Waals surface area contributed by atoms with Crippen LogP contribution >= 0.6 is 0 Å². The molecule has 17 heavy (non-hydrogen) atoms. The third-order valence-corrected chi connectivity index (χ3v) is 3.33. The Morgan fingerprint density at radius 2 is 2.12 bits per heavy atom. The van der Waals surface area contributed by atoms with Gasteiger partial charge in [-0.2, -0.15) is 5.10 Å². The van der Waals surface area contributed by atoms with Gasteiger partial charge in [0.05, 0.1) is 0 Å². The molecule has 2 N–H and O–H groups in total. The zero-order valence-corrected chi connectivity index (χ0v) is 10.7. The SMILES string of the molecule is CN1CCCN(CCCn2ccc(N)n2)CC1. The molecule has 0 atom stereocenters. The minimum absolute atomic E-state index is 0.612. The molecule has 0 bridgehead atoms. The van der Waals surface area contributed by atoms with E-state index < -0.39 is 0 Å². The zero-order chi connectivity index (χ0) is 12.1. The molecule has 5 nitrogen and oxygen atoms in total. The number of nitrogens with zero attached hydrogens (tertiary/aromatic N) is 4. The lowest BCUT2D eigenvalue weighted by atomic mass is 10.3. The van der Waals surface area contributed by atoms with Crippen LogP contribution in [0.2, 0.25) is 0 Å². The molecular formula is C12H23N5. The van der Waals surface area contributed by atoms with Crippen LogP contribution in [-0.2, 0) is 6.54 Å². The minimum Gasteiger partial charge on any atom is -0.382 e. The number of likely N-dealkylation sites (N-methyl/N-ethyl adjacent to an activating group) is 1. The van der Waals surface area contributed by atoms with Gasteiger partial charge in [-0.1, -0.05) is 0 Å². The highest BCUT2D eigenvalue weighted by atomic mass is 15.3. The Bertz CT molecular complexity index is 335. The van der Waals surface area contributed by atoms with E-state index in [0.717, 1.165) is 19.5 Å². The Morgan fingerprint density at radius 3 is 2.88 bits per heavy atom. The van der Waals surface area contributed by atoms with Crippen LogP contribution in [0.4, 0.5) is 5.82 Å². The standard InChI is InChI=1S/C12H23N5/c1-15-5-2-6-16(11-10-15)7-3-8-17-9-4-12(13)14-17/h4,9H,2-3,5-8,10-11H2,1H3,(H2,13,14). The van der Waals surface area contributed by atoms with Gasteiger partial charge < -0.3 is 15.5 Å². The van der Waals surface area contributed by atoms with Crippen molar-refractivity contribution in [1.82, 2.24) is 19.6 Å². The molecule has 1 aliphatic heterocycles. The first-order valence-electron chi connectivity index (χ1n) is 6.44. The highest BCUT2D eigenvalue weighted by Gasteiger charge is 2.11. The Morgan fingerprint density at radius 1 is 1.24 bits per heavy atom. The Labute approximate surface area is 103 Å². The second kappa shape index (κ2) is 6.02. The molecule has 2 rings (SSSR count). The predicted molar refractivity (Wildman–Crippen MR) is 69.8 cm³/mol. The predicted octanol–water partition coefficient (Wildman–Crippen LogP) is 0.493. The van der Waals surface area contributed by atoms with Gasteiger partial charge in [0.25, 0.3) is 0 Å². The van der Waals surface area contributed by atoms with Crippen LogP contribution < -0.4 is 5.73 Å². The van der Waals surface area contributed by atoms with Crippen LogP contribution in [0.3, 0.4) is 0 Å². The molecule has 0 unspecified atom stereocenters. The molecule has 0 aliphatic carbocycles. The first-order valence-corrected chi connectivity index (χ1v) is 6.44. The van der Waals surface area contributed by atoms with Gasteiger partial charge in [-0.05, 0) is 45.6 Å². The summed E-state index contributed by atoms with van der Waals surface area (Å²) >= 11 is 0. The number of nitrogen functional groups attached to an aromatic ring is 1. The van der Waals surface area contributed by atoms with Crippen molar-refractivity contribution in [3.05, 3.63) is 12.3 Å². The highest BCUT2D eigenvalue weighted by Crippen LogP contribution is 2.03. The summed E-state index contributed by atoms with van der Waals surface area (Å²) in [6.07, 6.45) is 4.38. The van der Waals surface area contributed by atoms with E-state index in [1.807, 2.05) is 16.9 Å². The third kappa shape index (κ3) is 4.02. The number of aryl methyl sites for hydroxylation is 1. The summed E-state index contributed by atoms with van der Waals surface area (Å²) in [5, 5.41) is 4.19. The fraction of sp³-hybridized carbons (Fsp3) is 0.750. The summed E-state index contributed by atoms with van der Waals surface area (Å²) in [6, 6.07) is 1.85. The van der Waals surface area contributed by atoms with E-state index in [9.17, 15) is 0 Å². The van der Waals surface area contributed by atoms with Crippen LogP contribution in [0, 0.1) is 0 Å². The van der Waals surface area contributed by atoms with Crippen LogP contribution in [0.15, 0.2) is 12.3 Å². The van der Waals surface area contributed by atoms with Crippen molar-refractivity contribution in [3.8, 4) is 0 Å². The molecule has 0 saturated carbocycles. The lowest BCUT2D eigenvalue weighted by molar-refractivity contribution is 0.267. The van der Waals surface area contributed by atoms with Crippen molar-refractivity contribution in [2.75, 3.05) is 45.5 Å².